The quantitative estimate of drug-likeness (QED) is 0.646. The predicted octanol–water partition coefficient (Wildman–Crippen LogP) is 2.45. The van der Waals surface area contributed by atoms with Gasteiger partial charge in [-0.3, -0.25) is 19.7 Å². The zero-order valence-corrected chi connectivity index (χ0v) is 13.9. The summed E-state index contributed by atoms with van der Waals surface area (Å²) in [6.07, 6.45) is -0.327. The molecule has 5 nitrogen and oxygen atoms in total. The molecule has 0 saturated carbocycles. The van der Waals surface area contributed by atoms with Gasteiger partial charge >= 0.3 is 0 Å². The lowest BCUT2D eigenvalue weighted by Gasteiger charge is -2.21. The standard InChI is InChI=1S/C18H11ClF2N2O3/c19-10-1-2-14-13(5-10)18(7-15(24)22-16(18)25)17(26)23(14)8-9-3-11(20)6-12(21)4-9/h1-6H,7-8H2,(H,22,24,25). The molecule has 0 radical (unpaired) electrons. The molecule has 4 rings (SSSR count). The lowest BCUT2D eigenvalue weighted by atomic mass is 9.80. The van der Waals surface area contributed by atoms with E-state index in [0.717, 1.165) is 18.2 Å². The van der Waals surface area contributed by atoms with Crippen LogP contribution in [0.15, 0.2) is 36.4 Å². The first-order valence-electron chi connectivity index (χ1n) is 7.72. The summed E-state index contributed by atoms with van der Waals surface area (Å²) in [7, 11) is 0. The maximum Gasteiger partial charge on any atom is 0.248 e. The molecular formula is C18H11ClF2N2O3. The maximum absolute atomic E-state index is 13.5. The van der Waals surface area contributed by atoms with Crippen molar-refractivity contribution in [2.75, 3.05) is 4.90 Å². The summed E-state index contributed by atoms with van der Waals surface area (Å²) in [6.45, 7) is -0.147. The van der Waals surface area contributed by atoms with Crippen LogP contribution in [0.1, 0.15) is 17.5 Å². The molecule has 1 fully saturated rings. The molecule has 8 heteroatoms. The third-order valence-corrected chi connectivity index (χ3v) is 4.88. The number of halogens is 3. The van der Waals surface area contributed by atoms with Crippen LogP contribution in [0.5, 0.6) is 0 Å². The van der Waals surface area contributed by atoms with Crippen LogP contribution < -0.4 is 10.2 Å². The molecule has 26 heavy (non-hydrogen) atoms. The zero-order valence-electron chi connectivity index (χ0n) is 13.2. The van der Waals surface area contributed by atoms with E-state index < -0.39 is 34.8 Å². The maximum atomic E-state index is 13.5. The first kappa shape index (κ1) is 16.7. The van der Waals surface area contributed by atoms with Crippen molar-refractivity contribution in [3.63, 3.8) is 0 Å². The van der Waals surface area contributed by atoms with Gasteiger partial charge in [0.1, 0.15) is 11.6 Å². The second kappa shape index (κ2) is 5.60. The van der Waals surface area contributed by atoms with Crippen molar-refractivity contribution in [1.29, 1.82) is 0 Å². The topological polar surface area (TPSA) is 66.5 Å². The van der Waals surface area contributed by atoms with Crippen molar-refractivity contribution in [3.8, 4) is 0 Å². The average Bonchev–Trinajstić information content (AvgIpc) is 2.96. The molecule has 1 spiro atoms. The number of hydrogen-bond donors (Lipinski definition) is 1. The molecule has 1 saturated heterocycles. The number of carbonyl (C=O) groups excluding carboxylic acids is 3. The summed E-state index contributed by atoms with van der Waals surface area (Å²) in [5.74, 6) is -3.45. The van der Waals surface area contributed by atoms with Gasteiger partial charge in [0, 0.05) is 22.3 Å². The third-order valence-electron chi connectivity index (χ3n) is 4.65. The molecule has 3 amide bonds. The summed E-state index contributed by atoms with van der Waals surface area (Å²) >= 11 is 6.02. The van der Waals surface area contributed by atoms with E-state index in [-0.39, 0.29) is 18.5 Å². The van der Waals surface area contributed by atoms with Gasteiger partial charge in [0.15, 0.2) is 5.41 Å². The predicted molar refractivity (Wildman–Crippen MR) is 88.4 cm³/mol. The minimum absolute atomic E-state index is 0.147. The first-order valence-corrected chi connectivity index (χ1v) is 8.10. The number of anilines is 1. The Labute approximate surface area is 151 Å². The molecule has 1 unspecified atom stereocenters. The Morgan fingerprint density at radius 2 is 1.77 bits per heavy atom. The lowest BCUT2D eigenvalue weighted by Crippen LogP contribution is -2.45. The second-order valence-corrected chi connectivity index (χ2v) is 6.73. The van der Waals surface area contributed by atoms with Crippen LogP contribution in [0.25, 0.3) is 0 Å². The number of rotatable bonds is 2. The molecule has 2 aliphatic rings. The van der Waals surface area contributed by atoms with Crippen molar-refractivity contribution in [3.05, 3.63) is 64.2 Å². The fraction of sp³-hybridized carbons (Fsp3) is 0.167. The van der Waals surface area contributed by atoms with Crippen molar-refractivity contribution >= 4 is 35.0 Å². The van der Waals surface area contributed by atoms with Gasteiger partial charge in [-0.15, -0.1) is 0 Å². The van der Waals surface area contributed by atoms with E-state index in [2.05, 4.69) is 5.32 Å². The van der Waals surface area contributed by atoms with E-state index in [1.54, 1.807) is 12.1 Å². The highest BCUT2D eigenvalue weighted by atomic mass is 35.5. The molecule has 0 aliphatic carbocycles. The van der Waals surface area contributed by atoms with Gasteiger partial charge in [0.25, 0.3) is 0 Å². The fourth-order valence-corrected chi connectivity index (χ4v) is 3.74. The van der Waals surface area contributed by atoms with Gasteiger partial charge in [0.2, 0.25) is 17.7 Å². The number of carbonyl (C=O) groups is 3. The van der Waals surface area contributed by atoms with Crippen molar-refractivity contribution in [2.45, 2.75) is 18.4 Å². The van der Waals surface area contributed by atoms with Gasteiger partial charge in [-0.05, 0) is 35.9 Å². The van der Waals surface area contributed by atoms with Gasteiger partial charge in [-0.1, -0.05) is 11.6 Å². The van der Waals surface area contributed by atoms with Crippen molar-refractivity contribution < 1.29 is 23.2 Å². The summed E-state index contributed by atoms with van der Waals surface area (Å²) in [6, 6.07) is 7.51. The zero-order chi connectivity index (χ0) is 18.6. The molecule has 0 aromatic heterocycles. The van der Waals surface area contributed by atoms with E-state index in [4.69, 9.17) is 11.6 Å². The summed E-state index contributed by atoms with van der Waals surface area (Å²) < 4.78 is 27.0. The molecule has 2 aliphatic heterocycles. The van der Waals surface area contributed by atoms with Crippen molar-refractivity contribution in [1.82, 2.24) is 5.32 Å². The SMILES string of the molecule is O=C1CC2(C(=O)N1)C(=O)N(Cc1cc(F)cc(F)c1)c1ccc(Cl)cc12. The molecular weight excluding hydrogens is 366 g/mol. The van der Waals surface area contributed by atoms with E-state index in [9.17, 15) is 23.2 Å². The Morgan fingerprint density at radius 3 is 2.38 bits per heavy atom. The largest absolute Gasteiger partial charge is 0.306 e. The fourth-order valence-electron chi connectivity index (χ4n) is 3.57. The number of hydrogen-bond acceptors (Lipinski definition) is 3. The van der Waals surface area contributed by atoms with E-state index in [0.29, 0.717) is 16.3 Å². The number of nitrogens with zero attached hydrogens (tertiary/aromatic N) is 1. The Kier molecular flexibility index (Phi) is 3.59. The second-order valence-electron chi connectivity index (χ2n) is 6.29. The van der Waals surface area contributed by atoms with E-state index in [1.807, 2.05) is 0 Å². The number of nitrogens with one attached hydrogen (secondary N) is 1. The molecule has 0 bridgehead atoms. The Balaban J connectivity index is 1.84. The third kappa shape index (κ3) is 2.31. The highest BCUT2D eigenvalue weighted by Gasteiger charge is 2.61. The monoisotopic (exact) mass is 376 g/mol. The van der Waals surface area contributed by atoms with Crippen LogP contribution in [0.2, 0.25) is 5.02 Å². The summed E-state index contributed by atoms with van der Waals surface area (Å²) in [4.78, 5) is 38.6. The first-order chi connectivity index (χ1) is 12.3. The molecule has 1 atom stereocenters. The van der Waals surface area contributed by atoms with Crippen LogP contribution in [0.3, 0.4) is 0 Å². The van der Waals surface area contributed by atoms with Gasteiger partial charge in [-0.25, -0.2) is 8.78 Å². The van der Waals surface area contributed by atoms with Crippen LogP contribution >= 0.6 is 11.6 Å². The smallest absolute Gasteiger partial charge is 0.248 e. The highest BCUT2D eigenvalue weighted by molar-refractivity contribution is 6.32. The Hall–Kier alpha value is -2.80. The summed E-state index contributed by atoms with van der Waals surface area (Å²) in [5, 5.41) is 2.46. The molecule has 2 aromatic rings. The minimum atomic E-state index is -1.69. The molecule has 132 valence electrons. The van der Waals surface area contributed by atoms with Gasteiger partial charge in [-0.2, -0.15) is 0 Å². The van der Waals surface area contributed by atoms with Crippen LogP contribution in [-0.2, 0) is 26.3 Å². The number of benzene rings is 2. The summed E-state index contributed by atoms with van der Waals surface area (Å²) in [5.41, 5.74) is -0.772. The molecule has 2 aromatic carbocycles. The Morgan fingerprint density at radius 1 is 1.08 bits per heavy atom. The van der Waals surface area contributed by atoms with Gasteiger partial charge < -0.3 is 4.90 Å². The minimum Gasteiger partial charge on any atom is -0.306 e. The number of amides is 3. The highest BCUT2D eigenvalue weighted by Crippen LogP contribution is 2.47. The van der Waals surface area contributed by atoms with E-state index >= 15 is 0 Å². The lowest BCUT2D eigenvalue weighted by molar-refractivity contribution is -0.133. The normalized spacial score (nSPS) is 21.5. The number of fused-ring (bicyclic) bond motifs is 2. The molecule has 1 N–H and O–H groups in total. The average molecular weight is 377 g/mol. The number of imide groups is 1. The van der Waals surface area contributed by atoms with E-state index in [1.165, 1.54) is 11.0 Å². The Bertz CT molecular complexity index is 974. The molecule has 2 heterocycles. The van der Waals surface area contributed by atoms with Gasteiger partial charge in [0.05, 0.1) is 13.0 Å². The van der Waals surface area contributed by atoms with Crippen molar-refractivity contribution in [2.24, 2.45) is 0 Å². The van der Waals surface area contributed by atoms with Crippen LogP contribution in [-0.4, -0.2) is 17.7 Å². The van der Waals surface area contributed by atoms with Crippen LogP contribution in [0.4, 0.5) is 14.5 Å². The van der Waals surface area contributed by atoms with Crippen LogP contribution in [0, 0.1) is 11.6 Å².